The van der Waals surface area contributed by atoms with E-state index < -0.39 is 0 Å². The quantitative estimate of drug-likeness (QED) is 0.821. The highest BCUT2D eigenvalue weighted by atomic mass is 79.9. The van der Waals surface area contributed by atoms with Crippen molar-refractivity contribution >= 4 is 38.3 Å². The van der Waals surface area contributed by atoms with Crippen molar-refractivity contribution in [3.8, 4) is 11.3 Å². The average molecular weight is 353 g/mol. The minimum Gasteiger partial charge on any atom is -0.302 e. The first-order valence-corrected chi connectivity index (χ1v) is 8.24. The molecule has 0 bridgehead atoms. The molecule has 1 amide bonds. The Kier molecular flexibility index (Phi) is 5.31. The topological polar surface area (TPSA) is 42.0 Å². The fraction of sp³-hybridized carbons (Fsp3) is 0.333. The van der Waals surface area contributed by atoms with Gasteiger partial charge in [-0.05, 0) is 25.5 Å². The number of carbonyl (C=O) groups excluding carboxylic acids is 1. The molecule has 0 aliphatic heterocycles. The van der Waals surface area contributed by atoms with E-state index in [1.54, 1.807) is 0 Å². The van der Waals surface area contributed by atoms with Crippen LogP contribution in [0.3, 0.4) is 0 Å². The number of aryl methyl sites for hydroxylation is 1. The molecule has 0 fully saturated rings. The van der Waals surface area contributed by atoms with Crippen molar-refractivity contribution in [1.29, 1.82) is 0 Å². The van der Waals surface area contributed by atoms with Crippen LogP contribution in [0.25, 0.3) is 11.3 Å². The molecular weight excluding hydrogens is 336 g/mol. The van der Waals surface area contributed by atoms with E-state index in [4.69, 9.17) is 0 Å². The third-order valence-corrected chi connectivity index (χ3v) is 4.33. The molecule has 0 unspecified atom stereocenters. The summed E-state index contributed by atoms with van der Waals surface area (Å²) in [5.74, 6) is 0.0444. The Labute approximate surface area is 131 Å². The standard InChI is InChI=1S/C15H17BrN2OS/c1-3-4-5-13(19)17-15-18-14(10(2)20-15)11-6-8-12(16)9-7-11/h6-9H,3-5H2,1-2H3,(H,17,18,19). The van der Waals surface area contributed by atoms with Crippen LogP contribution in [0.15, 0.2) is 28.7 Å². The van der Waals surface area contributed by atoms with Crippen LogP contribution >= 0.6 is 27.3 Å². The first kappa shape index (κ1) is 15.2. The van der Waals surface area contributed by atoms with Crippen molar-refractivity contribution < 1.29 is 4.79 Å². The Hall–Kier alpha value is -1.20. The Morgan fingerprint density at radius 2 is 2.05 bits per heavy atom. The van der Waals surface area contributed by atoms with Crippen LogP contribution in [0, 0.1) is 6.92 Å². The van der Waals surface area contributed by atoms with Gasteiger partial charge in [0.2, 0.25) is 5.91 Å². The van der Waals surface area contributed by atoms with Gasteiger partial charge in [0.25, 0.3) is 0 Å². The third-order valence-electron chi connectivity index (χ3n) is 2.92. The van der Waals surface area contributed by atoms with Crippen molar-refractivity contribution in [2.45, 2.75) is 33.1 Å². The van der Waals surface area contributed by atoms with Crippen molar-refractivity contribution in [3.63, 3.8) is 0 Å². The van der Waals surface area contributed by atoms with Gasteiger partial charge in [-0.3, -0.25) is 4.79 Å². The summed E-state index contributed by atoms with van der Waals surface area (Å²) in [6.45, 7) is 4.10. The first-order chi connectivity index (χ1) is 9.60. The molecule has 0 aliphatic carbocycles. The van der Waals surface area contributed by atoms with E-state index in [1.165, 1.54) is 11.3 Å². The van der Waals surface area contributed by atoms with Gasteiger partial charge in [0, 0.05) is 21.3 Å². The van der Waals surface area contributed by atoms with E-state index in [-0.39, 0.29) is 5.91 Å². The summed E-state index contributed by atoms with van der Waals surface area (Å²) in [6.07, 6.45) is 2.49. The van der Waals surface area contributed by atoms with Gasteiger partial charge < -0.3 is 5.32 Å². The summed E-state index contributed by atoms with van der Waals surface area (Å²) in [7, 11) is 0. The van der Waals surface area contributed by atoms with Crippen molar-refractivity contribution in [2.24, 2.45) is 0 Å². The molecular formula is C15H17BrN2OS. The summed E-state index contributed by atoms with van der Waals surface area (Å²) < 4.78 is 1.04. The van der Waals surface area contributed by atoms with Crippen LogP contribution in [0.2, 0.25) is 0 Å². The second-order valence-electron chi connectivity index (χ2n) is 4.58. The zero-order valence-corrected chi connectivity index (χ0v) is 14.0. The highest BCUT2D eigenvalue weighted by Gasteiger charge is 2.11. The average Bonchev–Trinajstić information content (AvgIpc) is 2.78. The molecule has 3 nitrogen and oxygen atoms in total. The number of amides is 1. The Bertz CT molecular complexity index is 592. The number of thiazole rings is 1. The lowest BCUT2D eigenvalue weighted by Crippen LogP contribution is -2.10. The molecule has 0 radical (unpaired) electrons. The minimum atomic E-state index is 0.0444. The van der Waals surface area contributed by atoms with Gasteiger partial charge in [0.1, 0.15) is 0 Å². The van der Waals surface area contributed by atoms with Crippen molar-refractivity contribution in [1.82, 2.24) is 4.98 Å². The Morgan fingerprint density at radius 3 is 2.70 bits per heavy atom. The summed E-state index contributed by atoms with van der Waals surface area (Å²) in [4.78, 5) is 17.4. The number of halogens is 1. The number of anilines is 1. The molecule has 5 heteroatoms. The lowest BCUT2D eigenvalue weighted by atomic mass is 10.1. The SMILES string of the molecule is CCCCC(=O)Nc1nc(-c2ccc(Br)cc2)c(C)s1. The van der Waals surface area contributed by atoms with E-state index in [2.05, 4.69) is 33.2 Å². The van der Waals surface area contributed by atoms with Gasteiger partial charge >= 0.3 is 0 Å². The molecule has 0 saturated carbocycles. The molecule has 0 aliphatic rings. The zero-order valence-electron chi connectivity index (χ0n) is 11.6. The normalized spacial score (nSPS) is 10.6. The van der Waals surface area contributed by atoms with Crippen molar-refractivity contribution in [3.05, 3.63) is 33.6 Å². The maximum Gasteiger partial charge on any atom is 0.226 e. The molecule has 1 aromatic heterocycles. The molecule has 1 heterocycles. The first-order valence-electron chi connectivity index (χ1n) is 6.63. The maximum absolute atomic E-state index is 11.7. The van der Waals surface area contributed by atoms with Gasteiger partial charge in [-0.25, -0.2) is 4.98 Å². The van der Waals surface area contributed by atoms with Crippen LogP contribution < -0.4 is 5.32 Å². The number of hydrogen-bond donors (Lipinski definition) is 1. The fourth-order valence-electron chi connectivity index (χ4n) is 1.84. The largest absolute Gasteiger partial charge is 0.302 e. The number of unbranched alkanes of at least 4 members (excludes halogenated alkanes) is 1. The van der Waals surface area contributed by atoms with Gasteiger partial charge in [-0.1, -0.05) is 41.4 Å². The van der Waals surface area contributed by atoms with E-state index in [0.717, 1.165) is 33.4 Å². The van der Waals surface area contributed by atoms with Crippen molar-refractivity contribution in [2.75, 3.05) is 5.32 Å². The number of hydrogen-bond acceptors (Lipinski definition) is 3. The number of aromatic nitrogens is 1. The third kappa shape index (κ3) is 3.90. The molecule has 20 heavy (non-hydrogen) atoms. The summed E-state index contributed by atoms with van der Waals surface area (Å²) >= 11 is 4.94. The van der Waals surface area contributed by atoms with Gasteiger partial charge in [0.15, 0.2) is 5.13 Å². The number of nitrogens with one attached hydrogen (secondary N) is 1. The van der Waals surface area contributed by atoms with Crippen LogP contribution in [-0.4, -0.2) is 10.9 Å². The molecule has 1 N–H and O–H groups in total. The van der Waals surface area contributed by atoms with Gasteiger partial charge in [0.05, 0.1) is 5.69 Å². The lowest BCUT2D eigenvalue weighted by molar-refractivity contribution is -0.116. The predicted octanol–water partition coefficient (Wildman–Crippen LogP) is 5.01. The van der Waals surface area contributed by atoms with Crippen LogP contribution in [0.5, 0.6) is 0 Å². The second kappa shape index (κ2) is 6.99. The summed E-state index contributed by atoms with van der Waals surface area (Å²) in [5.41, 5.74) is 2.00. The summed E-state index contributed by atoms with van der Waals surface area (Å²) in [5, 5.41) is 3.56. The van der Waals surface area contributed by atoms with E-state index in [1.807, 2.05) is 31.2 Å². The number of rotatable bonds is 5. The predicted molar refractivity (Wildman–Crippen MR) is 88.1 cm³/mol. The highest BCUT2D eigenvalue weighted by Crippen LogP contribution is 2.31. The Morgan fingerprint density at radius 1 is 1.35 bits per heavy atom. The Balaban J connectivity index is 2.13. The molecule has 2 aromatic rings. The van der Waals surface area contributed by atoms with Crippen LogP contribution in [0.1, 0.15) is 31.1 Å². The van der Waals surface area contributed by atoms with E-state index in [0.29, 0.717) is 11.6 Å². The number of benzene rings is 1. The minimum absolute atomic E-state index is 0.0444. The van der Waals surface area contributed by atoms with E-state index in [9.17, 15) is 4.79 Å². The molecule has 0 saturated heterocycles. The molecule has 0 spiro atoms. The van der Waals surface area contributed by atoms with Crippen LogP contribution in [0.4, 0.5) is 5.13 Å². The lowest BCUT2D eigenvalue weighted by Gasteiger charge is -2.00. The highest BCUT2D eigenvalue weighted by molar-refractivity contribution is 9.10. The smallest absolute Gasteiger partial charge is 0.226 e. The van der Waals surface area contributed by atoms with Gasteiger partial charge in [-0.2, -0.15) is 0 Å². The fourth-order valence-corrected chi connectivity index (χ4v) is 2.96. The molecule has 0 atom stereocenters. The number of nitrogens with zero attached hydrogens (tertiary/aromatic N) is 1. The summed E-state index contributed by atoms with van der Waals surface area (Å²) in [6, 6.07) is 8.03. The van der Waals surface area contributed by atoms with E-state index >= 15 is 0 Å². The zero-order chi connectivity index (χ0) is 14.5. The van der Waals surface area contributed by atoms with Gasteiger partial charge in [-0.15, -0.1) is 11.3 Å². The molecule has 2 rings (SSSR count). The molecule has 1 aromatic carbocycles. The maximum atomic E-state index is 11.7. The van der Waals surface area contributed by atoms with Crippen LogP contribution in [-0.2, 0) is 4.79 Å². The number of carbonyl (C=O) groups is 1. The second-order valence-corrected chi connectivity index (χ2v) is 6.70. The monoisotopic (exact) mass is 352 g/mol. The molecule has 106 valence electrons.